The maximum absolute atomic E-state index is 13.6. The van der Waals surface area contributed by atoms with Crippen LogP contribution >= 0.6 is 11.6 Å². The molecule has 0 bridgehead atoms. The van der Waals surface area contributed by atoms with Crippen molar-refractivity contribution in [2.24, 2.45) is 5.73 Å². The van der Waals surface area contributed by atoms with Gasteiger partial charge >= 0.3 is 0 Å². The van der Waals surface area contributed by atoms with E-state index in [9.17, 15) is 8.78 Å². The van der Waals surface area contributed by atoms with Crippen LogP contribution in [0.2, 0.25) is 5.02 Å². The number of rotatable bonds is 2. The third-order valence-corrected chi connectivity index (χ3v) is 2.88. The zero-order valence-corrected chi connectivity index (χ0v) is 9.59. The van der Waals surface area contributed by atoms with Gasteiger partial charge in [0, 0.05) is 16.1 Å². The Morgan fingerprint density at radius 2 is 1.59 bits per heavy atom. The molecule has 2 N–H and O–H groups in total. The first kappa shape index (κ1) is 12.0. The number of benzene rings is 2. The molecular weight excluding hydrogens is 244 g/mol. The normalized spacial score (nSPS) is 12.5. The number of hydrogen-bond donors (Lipinski definition) is 1. The van der Waals surface area contributed by atoms with Crippen LogP contribution in [0.4, 0.5) is 8.78 Å². The molecule has 1 atom stereocenters. The second kappa shape index (κ2) is 4.82. The Morgan fingerprint density at radius 3 is 2.24 bits per heavy atom. The summed E-state index contributed by atoms with van der Waals surface area (Å²) >= 11 is 5.88. The molecule has 0 saturated heterocycles. The molecule has 0 heterocycles. The van der Waals surface area contributed by atoms with Gasteiger partial charge in [0.05, 0.1) is 6.04 Å². The second-order valence-corrected chi connectivity index (χ2v) is 4.04. The molecule has 2 aromatic carbocycles. The van der Waals surface area contributed by atoms with Crippen molar-refractivity contribution in [3.63, 3.8) is 0 Å². The van der Waals surface area contributed by atoms with Gasteiger partial charge in [-0.3, -0.25) is 0 Å². The van der Waals surface area contributed by atoms with Gasteiger partial charge in [-0.15, -0.1) is 0 Å². The lowest BCUT2D eigenvalue weighted by Crippen LogP contribution is -2.15. The molecule has 0 aliphatic rings. The Morgan fingerprint density at radius 1 is 0.941 bits per heavy atom. The van der Waals surface area contributed by atoms with Gasteiger partial charge in [-0.2, -0.15) is 0 Å². The fourth-order valence-electron chi connectivity index (χ4n) is 1.69. The Labute approximate surface area is 103 Å². The molecule has 17 heavy (non-hydrogen) atoms. The third kappa shape index (κ3) is 2.30. The van der Waals surface area contributed by atoms with E-state index in [2.05, 4.69) is 0 Å². The summed E-state index contributed by atoms with van der Waals surface area (Å²) in [5.74, 6) is -1.01. The highest BCUT2D eigenvalue weighted by molar-refractivity contribution is 6.31. The molecule has 1 unspecified atom stereocenters. The number of hydrogen-bond acceptors (Lipinski definition) is 1. The first-order valence-electron chi connectivity index (χ1n) is 5.05. The molecule has 4 heteroatoms. The third-order valence-electron chi connectivity index (χ3n) is 2.55. The van der Waals surface area contributed by atoms with Crippen LogP contribution in [0.15, 0.2) is 42.5 Å². The summed E-state index contributed by atoms with van der Waals surface area (Å²) in [5.41, 5.74) is 6.19. The summed E-state index contributed by atoms with van der Waals surface area (Å²) in [6, 6.07) is 9.34. The van der Waals surface area contributed by atoms with Crippen molar-refractivity contribution >= 4 is 11.6 Å². The average molecular weight is 254 g/mol. The first-order valence-corrected chi connectivity index (χ1v) is 5.43. The van der Waals surface area contributed by atoms with Crippen LogP contribution in [0, 0.1) is 11.6 Å². The minimum absolute atomic E-state index is 0.110. The van der Waals surface area contributed by atoms with Crippen molar-refractivity contribution in [3.8, 4) is 0 Å². The van der Waals surface area contributed by atoms with Crippen molar-refractivity contribution in [3.05, 3.63) is 70.2 Å². The lowest BCUT2D eigenvalue weighted by molar-refractivity contribution is 0.576. The largest absolute Gasteiger partial charge is 0.320 e. The van der Waals surface area contributed by atoms with Crippen molar-refractivity contribution < 1.29 is 8.78 Å². The van der Waals surface area contributed by atoms with Crippen LogP contribution in [-0.4, -0.2) is 0 Å². The molecule has 0 saturated carbocycles. The van der Waals surface area contributed by atoms with Gasteiger partial charge < -0.3 is 5.73 Å². The maximum Gasteiger partial charge on any atom is 0.129 e. The van der Waals surface area contributed by atoms with Gasteiger partial charge in [0.15, 0.2) is 0 Å². The summed E-state index contributed by atoms with van der Waals surface area (Å²) in [7, 11) is 0. The maximum atomic E-state index is 13.6. The Bertz CT molecular complexity index is 522. The van der Waals surface area contributed by atoms with Gasteiger partial charge in [-0.25, -0.2) is 8.78 Å². The van der Waals surface area contributed by atoms with E-state index >= 15 is 0 Å². The van der Waals surface area contributed by atoms with Crippen LogP contribution in [-0.2, 0) is 0 Å². The van der Waals surface area contributed by atoms with E-state index in [-0.39, 0.29) is 16.1 Å². The molecule has 0 fully saturated rings. The molecule has 0 aliphatic carbocycles. The summed E-state index contributed by atoms with van der Waals surface area (Å²) in [6.07, 6.45) is 0. The van der Waals surface area contributed by atoms with Crippen LogP contribution in [0.25, 0.3) is 0 Å². The van der Waals surface area contributed by atoms with Crippen molar-refractivity contribution in [1.29, 1.82) is 0 Å². The van der Waals surface area contributed by atoms with E-state index < -0.39 is 17.7 Å². The van der Waals surface area contributed by atoms with E-state index in [4.69, 9.17) is 17.3 Å². The highest BCUT2D eigenvalue weighted by Crippen LogP contribution is 2.29. The fraction of sp³-hybridized carbons (Fsp3) is 0.0769. The van der Waals surface area contributed by atoms with Gasteiger partial charge in [-0.1, -0.05) is 35.9 Å². The van der Waals surface area contributed by atoms with E-state index in [0.717, 1.165) is 0 Å². The molecular formula is C13H10ClF2N. The predicted molar refractivity (Wildman–Crippen MR) is 63.8 cm³/mol. The van der Waals surface area contributed by atoms with Gasteiger partial charge in [0.1, 0.15) is 11.6 Å². The quantitative estimate of drug-likeness (QED) is 0.868. The summed E-state index contributed by atoms with van der Waals surface area (Å²) in [5, 5.41) is 0.195. The molecule has 88 valence electrons. The molecule has 2 aromatic rings. The zero-order chi connectivity index (χ0) is 12.4. The van der Waals surface area contributed by atoms with E-state index in [0.29, 0.717) is 0 Å². The average Bonchev–Trinajstić information content (AvgIpc) is 2.29. The minimum atomic E-state index is -0.912. The second-order valence-electron chi connectivity index (χ2n) is 3.63. The Hall–Kier alpha value is -1.45. The van der Waals surface area contributed by atoms with Gasteiger partial charge in [0.25, 0.3) is 0 Å². The monoisotopic (exact) mass is 253 g/mol. The summed E-state index contributed by atoms with van der Waals surface area (Å²) < 4.78 is 27.2. The van der Waals surface area contributed by atoms with Gasteiger partial charge in [-0.05, 0) is 18.2 Å². The van der Waals surface area contributed by atoms with Crippen LogP contribution in [0.5, 0.6) is 0 Å². The van der Waals surface area contributed by atoms with Crippen LogP contribution in [0.1, 0.15) is 17.2 Å². The van der Waals surface area contributed by atoms with Crippen LogP contribution < -0.4 is 5.73 Å². The minimum Gasteiger partial charge on any atom is -0.320 e. The molecule has 0 aliphatic heterocycles. The fourth-order valence-corrected chi connectivity index (χ4v) is 1.97. The van der Waals surface area contributed by atoms with Gasteiger partial charge in [0.2, 0.25) is 0 Å². The molecule has 0 radical (unpaired) electrons. The summed E-state index contributed by atoms with van der Waals surface area (Å²) in [6.45, 7) is 0. The molecule has 0 aromatic heterocycles. The topological polar surface area (TPSA) is 26.0 Å². The van der Waals surface area contributed by atoms with Crippen molar-refractivity contribution in [1.82, 2.24) is 0 Å². The van der Waals surface area contributed by atoms with Crippen molar-refractivity contribution in [2.45, 2.75) is 6.04 Å². The van der Waals surface area contributed by atoms with E-state index in [1.807, 2.05) is 0 Å². The Kier molecular flexibility index (Phi) is 3.41. The smallest absolute Gasteiger partial charge is 0.129 e. The van der Waals surface area contributed by atoms with E-state index in [1.54, 1.807) is 12.1 Å². The van der Waals surface area contributed by atoms with Crippen molar-refractivity contribution in [2.75, 3.05) is 0 Å². The lowest BCUT2D eigenvalue weighted by atomic mass is 9.98. The van der Waals surface area contributed by atoms with E-state index in [1.165, 1.54) is 30.3 Å². The molecule has 0 spiro atoms. The standard InChI is InChI=1S/C13H10ClF2N/c14-9-5-3-7-11(16)12(9)13(17)8-4-1-2-6-10(8)15/h1-7,13H,17H2. The highest BCUT2D eigenvalue weighted by Gasteiger charge is 2.19. The molecule has 1 nitrogen and oxygen atoms in total. The Balaban J connectivity index is 2.51. The number of halogens is 3. The highest BCUT2D eigenvalue weighted by atomic mass is 35.5. The SMILES string of the molecule is NC(c1ccccc1F)c1c(F)cccc1Cl. The lowest BCUT2D eigenvalue weighted by Gasteiger charge is -2.15. The summed E-state index contributed by atoms with van der Waals surface area (Å²) in [4.78, 5) is 0. The zero-order valence-electron chi connectivity index (χ0n) is 8.83. The first-order chi connectivity index (χ1) is 8.11. The number of nitrogens with two attached hydrogens (primary N) is 1. The molecule has 0 amide bonds. The molecule has 2 rings (SSSR count). The predicted octanol–water partition coefficient (Wildman–Crippen LogP) is 3.67. The van der Waals surface area contributed by atoms with Crippen LogP contribution in [0.3, 0.4) is 0 Å².